The van der Waals surface area contributed by atoms with Crippen molar-refractivity contribution in [2.75, 3.05) is 19.8 Å². The van der Waals surface area contributed by atoms with Crippen LogP contribution in [0.5, 0.6) is 0 Å². The van der Waals surface area contributed by atoms with Crippen molar-refractivity contribution in [3.63, 3.8) is 0 Å². The van der Waals surface area contributed by atoms with E-state index < -0.39 is 0 Å². The molecule has 0 spiro atoms. The molecule has 0 radical (unpaired) electrons. The predicted octanol–water partition coefficient (Wildman–Crippen LogP) is 1.33. The molecule has 2 fully saturated rings. The molecule has 1 aliphatic carbocycles. The molecule has 2 N–H and O–H groups in total. The zero-order valence-corrected chi connectivity index (χ0v) is 8.82. The molecule has 84 valence electrons. The minimum Gasteiger partial charge on any atom is -0.396 e. The number of aliphatic hydroxyl groups is 2. The van der Waals surface area contributed by atoms with Crippen LogP contribution in [0, 0.1) is 5.92 Å². The van der Waals surface area contributed by atoms with Crippen molar-refractivity contribution in [2.45, 2.75) is 44.6 Å². The topological polar surface area (TPSA) is 49.7 Å². The van der Waals surface area contributed by atoms with Crippen molar-refractivity contribution in [1.29, 1.82) is 0 Å². The van der Waals surface area contributed by atoms with Gasteiger partial charge in [0.15, 0.2) is 0 Å². The lowest BCUT2D eigenvalue weighted by Crippen LogP contribution is -2.09. The Labute approximate surface area is 86.1 Å². The minimum absolute atomic E-state index is 0.176. The van der Waals surface area contributed by atoms with Crippen LogP contribution >= 0.6 is 0 Å². The molecular formula is C11H22O3. The molecular weight excluding hydrogens is 180 g/mol. The van der Waals surface area contributed by atoms with Crippen molar-refractivity contribution < 1.29 is 14.9 Å². The van der Waals surface area contributed by atoms with Crippen LogP contribution in [0.25, 0.3) is 0 Å². The first-order valence-corrected chi connectivity index (χ1v) is 5.69. The van der Waals surface area contributed by atoms with Gasteiger partial charge in [-0.1, -0.05) is 19.3 Å². The number of aliphatic hydroxyl groups excluding tert-OH is 2. The van der Waals surface area contributed by atoms with E-state index in [1.54, 1.807) is 0 Å². The molecule has 0 aromatic heterocycles. The van der Waals surface area contributed by atoms with E-state index >= 15 is 0 Å². The van der Waals surface area contributed by atoms with Crippen LogP contribution in [0.3, 0.4) is 0 Å². The normalized spacial score (nSPS) is 28.3. The van der Waals surface area contributed by atoms with Crippen molar-refractivity contribution in [3.05, 3.63) is 0 Å². The number of hydrogen-bond donors (Lipinski definition) is 2. The zero-order chi connectivity index (χ0) is 10.2. The molecule has 0 aromatic rings. The maximum Gasteiger partial charge on any atom is 0.0795 e. The lowest BCUT2D eigenvalue weighted by Gasteiger charge is -2.18. The lowest BCUT2D eigenvalue weighted by molar-refractivity contribution is 0.127. The van der Waals surface area contributed by atoms with E-state index in [-0.39, 0.29) is 6.10 Å². The molecule has 0 unspecified atom stereocenters. The van der Waals surface area contributed by atoms with Crippen molar-refractivity contribution >= 4 is 0 Å². The Morgan fingerprint density at radius 1 is 1.07 bits per heavy atom. The second-order valence-corrected chi connectivity index (χ2v) is 4.20. The summed E-state index contributed by atoms with van der Waals surface area (Å²) in [6.45, 7) is 1.70. The first kappa shape index (κ1) is 12.0. The first-order chi connectivity index (χ1) is 6.83. The van der Waals surface area contributed by atoms with Gasteiger partial charge in [0.2, 0.25) is 0 Å². The van der Waals surface area contributed by atoms with Gasteiger partial charge in [0.05, 0.1) is 12.7 Å². The second-order valence-electron chi connectivity index (χ2n) is 4.20. The van der Waals surface area contributed by atoms with Gasteiger partial charge in [0.1, 0.15) is 0 Å². The highest BCUT2D eigenvalue weighted by Crippen LogP contribution is 2.22. The Morgan fingerprint density at radius 3 is 2.07 bits per heavy atom. The summed E-state index contributed by atoms with van der Waals surface area (Å²) in [5.41, 5.74) is 0. The van der Waals surface area contributed by atoms with Crippen molar-refractivity contribution in [2.24, 2.45) is 5.92 Å². The third-order valence-corrected chi connectivity index (χ3v) is 2.89. The molecule has 2 rings (SSSR count). The lowest BCUT2D eigenvalue weighted by atomic mass is 9.90. The Bertz CT molecular complexity index is 126. The van der Waals surface area contributed by atoms with E-state index in [0.29, 0.717) is 19.1 Å². The molecule has 1 heterocycles. The van der Waals surface area contributed by atoms with Crippen LogP contribution in [0.15, 0.2) is 0 Å². The number of ether oxygens (including phenoxy) is 1. The SMILES string of the molecule is OCC1CCCCC1.O[C@H]1CCOC1. The molecule has 1 saturated carbocycles. The zero-order valence-electron chi connectivity index (χ0n) is 8.82. The summed E-state index contributed by atoms with van der Waals surface area (Å²) < 4.78 is 4.81. The molecule has 0 aromatic carbocycles. The summed E-state index contributed by atoms with van der Waals surface area (Å²) >= 11 is 0. The van der Waals surface area contributed by atoms with Crippen molar-refractivity contribution in [1.82, 2.24) is 0 Å². The smallest absolute Gasteiger partial charge is 0.0795 e. The average molecular weight is 202 g/mol. The maximum atomic E-state index is 8.69. The summed E-state index contributed by atoms with van der Waals surface area (Å²) in [4.78, 5) is 0. The van der Waals surface area contributed by atoms with Crippen LogP contribution in [-0.2, 0) is 4.74 Å². The van der Waals surface area contributed by atoms with Crippen LogP contribution < -0.4 is 0 Å². The number of hydrogen-bond acceptors (Lipinski definition) is 3. The Balaban J connectivity index is 0.000000146. The van der Waals surface area contributed by atoms with Gasteiger partial charge in [-0.3, -0.25) is 0 Å². The van der Waals surface area contributed by atoms with E-state index in [4.69, 9.17) is 14.9 Å². The standard InChI is InChI=1S/C7H14O.C4H8O2/c8-6-7-4-2-1-3-5-7;5-4-1-2-6-3-4/h7-8H,1-6H2;4-5H,1-3H2/t;4-/m.0/s1. The highest BCUT2D eigenvalue weighted by atomic mass is 16.5. The Morgan fingerprint density at radius 2 is 1.79 bits per heavy atom. The molecule has 1 aliphatic heterocycles. The molecule has 3 heteroatoms. The van der Waals surface area contributed by atoms with E-state index in [0.717, 1.165) is 13.0 Å². The molecule has 0 amide bonds. The maximum absolute atomic E-state index is 8.69. The van der Waals surface area contributed by atoms with Crippen LogP contribution in [0.2, 0.25) is 0 Å². The quantitative estimate of drug-likeness (QED) is 0.674. The summed E-state index contributed by atoms with van der Waals surface area (Å²) in [6.07, 6.45) is 7.23. The molecule has 2 aliphatic rings. The van der Waals surface area contributed by atoms with Crippen LogP contribution in [0.1, 0.15) is 38.5 Å². The van der Waals surface area contributed by atoms with Crippen LogP contribution in [-0.4, -0.2) is 36.1 Å². The summed E-state index contributed by atoms with van der Waals surface area (Å²) in [6, 6.07) is 0. The Kier molecular flexibility index (Phi) is 6.15. The highest BCUT2D eigenvalue weighted by Gasteiger charge is 2.10. The van der Waals surface area contributed by atoms with Crippen LogP contribution in [0.4, 0.5) is 0 Å². The van der Waals surface area contributed by atoms with Gasteiger partial charge in [-0.2, -0.15) is 0 Å². The summed E-state index contributed by atoms with van der Waals surface area (Å²) in [5.74, 6) is 0.642. The molecule has 0 bridgehead atoms. The molecule has 1 saturated heterocycles. The van der Waals surface area contributed by atoms with Gasteiger partial charge in [-0.25, -0.2) is 0 Å². The third-order valence-electron chi connectivity index (χ3n) is 2.89. The second kappa shape index (κ2) is 7.21. The van der Waals surface area contributed by atoms with Gasteiger partial charge >= 0.3 is 0 Å². The fourth-order valence-corrected chi connectivity index (χ4v) is 1.89. The third kappa shape index (κ3) is 4.94. The van der Waals surface area contributed by atoms with E-state index in [1.165, 1.54) is 32.1 Å². The fourth-order valence-electron chi connectivity index (χ4n) is 1.89. The average Bonchev–Trinajstić information content (AvgIpc) is 2.71. The predicted molar refractivity (Wildman–Crippen MR) is 55.1 cm³/mol. The minimum atomic E-state index is -0.176. The summed E-state index contributed by atoms with van der Waals surface area (Å²) in [5, 5.41) is 17.3. The molecule has 14 heavy (non-hydrogen) atoms. The largest absolute Gasteiger partial charge is 0.396 e. The molecule has 1 atom stereocenters. The van der Waals surface area contributed by atoms with Gasteiger partial charge in [0.25, 0.3) is 0 Å². The van der Waals surface area contributed by atoms with E-state index in [9.17, 15) is 0 Å². The number of rotatable bonds is 1. The summed E-state index contributed by atoms with van der Waals surface area (Å²) in [7, 11) is 0. The van der Waals surface area contributed by atoms with Gasteiger partial charge < -0.3 is 14.9 Å². The molecule has 3 nitrogen and oxygen atoms in total. The van der Waals surface area contributed by atoms with Crippen molar-refractivity contribution in [3.8, 4) is 0 Å². The van der Waals surface area contributed by atoms with Gasteiger partial charge in [-0.15, -0.1) is 0 Å². The van der Waals surface area contributed by atoms with Gasteiger partial charge in [0, 0.05) is 13.2 Å². The highest BCUT2D eigenvalue weighted by molar-refractivity contribution is 4.63. The fraction of sp³-hybridized carbons (Fsp3) is 1.00. The monoisotopic (exact) mass is 202 g/mol. The first-order valence-electron chi connectivity index (χ1n) is 5.69. The Hall–Kier alpha value is -0.120. The van der Waals surface area contributed by atoms with E-state index in [2.05, 4.69) is 0 Å². The van der Waals surface area contributed by atoms with E-state index in [1.807, 2.05) is 0 Å². The van der Waals surface area contributed by atoms with Gasteiger partial charge in [-0.05, 0) is 25.2 Å².